The maximum absolute atomic E-state index is 15.2. The molecule has 9 nitrogen and oxygen atoms in total. The summed E-state index contributed by atoms with van der Waals surface area (Å²) >= 11 is 6.72. The van der Waals surface area contributed by atoms with Crippen molar-refractivity contribution in [1.82, 2.24) is 14.9 Å². The number of nitrogens with two attached hydrogens (primary N) is 1. The quantitative estimate of drug-likeness (QED) is 0.171. The zero-order valence-corrected chi connectivity index (χ0v) is 28.2. The van der Waals surface area contributed by atoms with Crippen molar-refractivity contribution in [3.63, 3.8) is 0 Å². The van der Waals surface area contributed by atoms with Crippen LogP contribution in [0.1, 0.15) is 23.1 Å². The van der Waals surface area contributed by atoms with E-state index in [9.17, 15) is 26.4 Å². The molecule has 0 bridgehead atoms. The molecule has 2 N–H and O–H groups in total. The molecule has 49 heavy (non-hydrogen) atoms. The number of nitrogens with zero attached hydrogens (tertiary/aromatic N) is 5. The van der Waals surface area contributed by atoms with Crippen LogP contribution in [0.3, 0.4) is 0 Å². The van der Waals surface area contributed by atoms with Crippen molar-refractivity contribution in [2.75, 3.05) is 37.6 Å². The zero-order chi connectivity index (χ0) is 35.2. The number of pyridine rings is 2. The molecule has 1 unspecified atom stereocenters. The molecule has 0 aliphatic carbocycles. The fourth-order valence-corrected chi connectivity index (χ4v) is 10.3. The number of primary amides is 1. The lowest BCUT2D eigenvalue weighted by Gasteiger charge is -2.37. The van der Waals surface area contributed by atoms with E-state index in [1.165, 1.54) is 30.3 Å². The zero-order valence-electron chi connectivity index (χ0n) is 25.8. The Balaban J connectivity index is 1.41. The van der Waals surface area contributed by atoms with Crippen LogP contribution in [0.4, 0.5) is 27.8 Å². The number of benzene rings is 1. The van der Waals surface area contributed by atoms with Crippen molar-refractivity contribution in [3.8, 4) is 11.3 Å². The number of likely N-dealkylation sites (tertiary alicyclic amines) is 1. The molecule has 0 radical (unpaired) electrons. The lowest BCUT2D eigenvalue weighted by Crippen LogP contribution is -2.59. The van der Waals surface area contributed by atoms with E-state index in [1.54, 1.807) is 18.5 Å². The van der Waals surface area contributed by atoms with Gasteiger partial charge in [-0.15, -0.1) is 11.3 Å². The number of amides is 1. The highest BCUT2D eigenvalue weighted by molar-refractivity contribution is 7.88. The molecule has 2 aliphatic heterocycles. The predicted molar refractivity (Wildman–Crippen MR) is 174 cm³/mol. The van der Waals surface area contributed by atoms with Crippen LogP contribution in [0.5, 0.6) is 0 Å². The highest BCUT2D eigenvalue weighted by atomic mass is 35.5. The number of carbonyl (C=O) groups is 1. The number of aromatic nitrogens is 2. The molecule has 2 fully saturated rings. The van der Waals surface area contributed by atoms with E-state index in [2.05, 4.69) is 9.88 Å². The van der Waals surface area contributed by atoms with Crippen LogP contribution in [-0.2, 0) is 34.1 Å². The Bertz CT molecular complexity index is 1940. The van der Waals surface area contributed by atoms with Gasteiger partial charge in [-0.1, -0.05) is 29.8 Å². The molecule has 17 heteroatoms. The van der Waals surface area contributed by atoms with Gasteiger partial charge in [0.05, 0.1) is 22.0 Å². The lowest BCUT2D eigenvalue weighted by atomic mass is 10.1. The number of piperazine rings is 1. The lowest BCUT2D eigenvalue weighted by molar-refractivity contribution is -0.827. The number of carbonyl (C=O) groups excluding carboxylic acids is 1. The van der Waals surface area contributed by atoms with Crippen molar-refractivity contribution < 1.29 is 39.1 Å². The van der Waals surface area contributed by atoms with Crippen molar-refractivity contribution in [1.29, 1.82) is 0 Å². The molecular weight excluding hydrogens is 711 g/mol. The van der Waals surface area contributed by atoms with Gasteiger partial charge >= 0.3 is 22.1 Å². The number of sulfonamides is 1. The largest absolute Gasteiger partial charge is 0.416 e. The van der Waals surface area contributed by atoms with Crippen molar-refractivity contribution in [2.24, 2.45) is 5.73 Å². The van der Waals surface area contributed by atoms with E-state index < -0.39 is 63.0 Å². The van der Waals surface area contributed by atoms with Gasteiger partial charge in [0, 0.05) is 56.2 Å². The molecule has 1 aromatic carbocycles. The molecule has 2 saturated heterocycles. The first-order valence-electron chi connectivity index (χ1n) is 15.2. The van der Waals surface area contributed by atoms with Gasteiger partial charge in [-0.25, -0.2) is 13.8 Å². The van der Waals surface area contributed by atoms with Crippen molar-refractivity contribution in [3.05, 3.63) is 94.1 Å². The molecule has 2 atom stereocenters. The third-order valence-electron chi connectivity index (χ3n) is 8.82. The summed E-state index contributed by atoms with van der Waals surface area (Å²) in [5.41, 5.74) is 6.51. The molecule has 0 saturated carbocycles. The van der Waals surface area contributed by atoms with Gasteiger partial charge in [-0.2, -0.15) is 25.5 Å². The van der Waals surface area contributed by atoms with Gasteiger partial charge in [0.25, 0.3) is 5.91 Å². The van der Waals surface area contributed by atoms with Gasteiger partial charge in [0.15, 0.2) is 16.8 Å². The number of hydrogen-bond donors (Lipinski definition) is 1. The van der Waals surface area contributed by atoms with E-state index in [0.29, 0.717) is 55.4 Å². The summed E-state index contributed by atoms with van der Waals surface area (Å²) in [4.78, 5) is 25.8. The number of alkyl halides is 5. The summed E-state index contributed by atoms with van der Waals surface area (Å²) in [6.07, 6.45) is -2.18. The Hall–Kier alpha value is -3.70. The van der Waals surface area contributed by atoms with Crippen molar-refractivity contribution in [2.45, 2.75) is 41.9 Å². The third-order valence-corrected chi connectivity index (χ3v) is 12.8. The molecule has 3 aromatic heterocycles. The Morgan fingerprint density at radius 3 is 2.35 bits per heavy atom. The first-order chi connectivity index (χ1) is 23.1. The van der Waals surface area contributed by atoms with Crippen LogP contribution in [0.15, 0.2) is 77.3 Å². The maximum atomic E-state index is 15.2. The molecule has 5 heterocycles. The number of rotatable bonds is 9. The van der Waals surface area contributed by atoms with Crippen LogP contribution in [0.25, 0.3) is 11.3 Å². The first kappa shape index (κ1) is 35.1. The Morgan fingerprint density at radius 2 is 1.76 bits per heavy atom. The summed E-state index contributed by atoms with van der Waals surface area (Å²) in [5, 5.41) is 0. The third kappa shape index (κ3) is 7.29. The van der Waals surface area contributed by atoms with E-state index >= 15 is 8.78 Å². The molecule has 260 valence electrons. The summed E-state index contributed by atoms with van der Waals surface area (Å²) in [6, 6.07) is 11.9. The van der Waals surface area contributed by atoms with E-state index in [-0.39, 0.29) is 19.8 Å². The van der Waals surface area contributed by atoms with Crippen LogP contribution in [0.2, 0.25) is 4.34 Å². The summed E-state index contributed by atoms with van der Waals surface area (Å²) < 4.78 is 97.5. The molecule has 1 amide bonds. The van der Waals surface area contributed by atoms with Gasteiger partial charge in [-0.3, -0.25) is 14.7 Å². The van der Waals surface area contributed by atoms with E-state index in [0.717, 1.165) is 17.7 Å². The number of quaternary nitrogens is 1. The SMILES string of the molecule is NC(=O)[C@@H]1CC(F)(F)C[N+]1(Cc1cc(-c2ccc(C(F)(F)F)cc2)nc(N2CCN(Cc3cccnc3)CC2)c1)S(=O)(=O)c1ccc(Cl)s1. The van der Waals surface area contributed by atoms with E-state index in [4.69, 9.17) is 22.3 Å². The van der Waals surface area contributed by atoms with Gasteiger partial charge < -0.3 is 10.6 Å². The van der Waals surface area contributed by atoms with Crippen molar-refractivity contribution >= 4 is 44.7 Å². The van der Waals surface area contributed by atoms with Gasteiger partial charge in [0.2, 0.25) is 0 Å². The normalized spacial score (nSPS) is 21.6. The van der Waals surface area contributed by atoms with Crippen LogP contribution < -0.4 is 10.6 Å². The second-order valence-corrected chi connectivity index (χ2v) is 16.3. The van der Waals surface area contributed by atoms with E-state index in [1.807, 2.05) is 17.0 Å². The molecule has 6 rings (SSSR count). The van der Waals surface area contributed by atoms with Crippen LogP contribution >= 0.6 is 22.9 Å². The molecule has 0 spiro atoms. The first-order valence-corrected chi connectivity index (χ1v) is 17.8. The topological polar surface area (TPSA) is 109 Å². The van der Waals surface area contributed by atoms with Crippen LogP contribution in [-0.4, -0.2) is 77.8 Å². The summed E-state index contributed by atoms with van der Waals surface area (Å²) in [7, 11) is -4.70. The standard InChI is InChI=1S/C32H30ClF5N6O3S2/c33-27-7-8-29(48-27)49(46,47)44(20-31(34,35)16-26(44)30(39)45)19-22-14-25(23-3-5-24(6-4-23)32(36,37)38)41-28(15-22)43-12-10-42(11-13-43)18-21-2-1-9-40-17-21/h1-9,14-15,17,26H,10-13,16,18-20H2,(H-,39,45)/p+1/t26-,44?/m0/s1. The van der Waals surface area contributed by atoms with Gasteiger partial charge in [-0.05, 0) is 48.0 Å². The second-order valence-electron chi connectivity index (χ2n) is 12.2. The highest BCUT2D eigenvalue weighted by Crippen LogP contribution is 2.46. The Morgan fingerprint density at radius 1 is 1.04 bits per heavy atom. The predicted octanol–water partition coefficient (Wildman–Crippen LogP) is 5.80. The average Bonchev–Trinajstić information content (AvgIpc) is 3.62. The number of anilines is 1. The summed E-state index contributed by atoms with van der Waals surface area (Å²) in [6.45, 7) is 1.09. The monoisotopic (exact) mass is 741 g/mol. The minimum Gasteiger partial charge on any atom is -0.364 e. The average molecular weight is 742 g/mol. The fraction of sp³-hybridized carbons (Fsp3) is 0.344. The number of thiophene rings is 1. The number of hydrogen-bond acceptors (Lipinski definition) is 8. The summed E-state index contributed by atoms with van der Waals surface area (Å²) in [5.74, 6) is -4.38. The Labute approximate surface area is 288 Å². The second kappa shape index (κ2) is 13.2. The molecule has 2 aliphatic rings. The minimum absolute atomic E-state index is 0.108. The highest BCUT2D eigenvalue weighted by Gasteiger charge is 2.65. The number of halogens is 6. The smallest absolute Gasteiger partial charge is 0.364 e. The maximum Gasteiger partial charge on any atom is 0.416 e. The Kier molecular flexibility index (Phi) is 9.47. The van der Waals surface area contributed by atoms with Crippen LogP contribution in [0, 0.1) is 0 Å². The molecular formula is C32H31ClF5N6O3S2+. The van der Waals surface area contributed by atoms with Gasteiger partial charge in [0.1, 0.15) is 12.4 Å². The minimum atomic E-state index is -4.70. The fourth-order valence-electron chi connectivity index (χ4n) is 6.46. The molecule has 4 aromatic rings.